The van der Waals surface area contributed by atoms with Crippen LogP contribution in [0.4, 0.5) is 0 Å². The van der Waals surface area contributed by atoms with Gasteiger partial charge in [0, 0.05) is 18.8 Å². The molecule has 4 rings (SSSR count). The molecule has 0 N–H and O–H groups in total. The van der Waals surface area contributed by atoms with Crippen LogP contribution in [0.2, 0.25) is 0 Å². The van der Waals surface area contributed by atoms with Gasteiger partial charge in [-0.15, -0.1) is 0 Å². The third kappa shape index (κ3) is 2.61. The number of rotatable bonds is 3. The first-order valence-electron chi connectivity index (χ1n) is 8.77. The van der Waals surface area contributed by atoms with Gasteiger partial charge in [-0.1, -0.05) is 18.0 Å². The average molecular weight is 329 g/mol. The van der Waals surface area contributed by atoms with Crippen LogP contribution in [-0.2, 0) is 0 Å². The summed E-state index contributed by atoms with van der Waals surface area (Å²) in [6, 6.07) is 0.458. The van der Waals surface area contributed by atoms with Gasteiger partial charge in [0.25, 0.3) is 5.91 Å². The number of aromatic nitrogens is 4. The van der Waals surface area contributed by atoms with E-state index in [0.717, 1.165) is 24.2 Å². The molecule has 3 heterocycles. The minimum atomic E-state index is 0.0653. The fourth-order valence-corrected chi connectivity index (χ4v) is 3.95. The second-order valence-corrected chi connectivity index (χ2v) is 6.94. The van der Waals surface area contributed by atoms with Crippen LogP contribution in [0.25, 0.3) is 0 Å². The van der Waals surface area contributed by atoms with Crippen LogP contribution in [0, 0.1) is 13.8 Å². The number of amides is 1. The minimum absolute atomic E-state index is 0.0653. The second-order valence-electron chi connectivity index (χ2n) is 6.94. The molecular weight excluding hydrogens is 306 g/mol. The normalized spacial score (nSPS) is 21.8. The molecule has 2 aromatic rings. The summed E-state index contributed by atoms with van der Waals surface area (Å²) in [5.41, 5.74) is 1.72. The lowest BCUT2D eigenvalue weighted by molar-refractivity contribution is 0.0788. The highest BCUT2D eigenvalue weighted by Gasteiger charge is 2.33. The summed E-state index contributed by atoms with van der Waals surface area (Å²) in [7, 11) is 0. The molecule has 24 heavy (non-hydrogen) atoms. The number of carbonyl (C=O) groups excluding carboxylic acids is 1. The number of carbonyl (C=O) groups is 1. The van der Waals surface area contributed by atoms with Gasteiger partial charge < -0.3 is 9.42 Å². The van der Waals surface area contributed by atoms with E-state index >= 15 is 0 Å². The van der Waals surface area contributed by atoms with Crippen molar-refractivity contribution in [1.29, 1.82) is 0 Å². The molecule has 128 valence electrons. The summed E-state index contributed by atoms with van der Waals surface area (Å²) in [6.45, 7) is 5.17. The number of nitrogens with zero attached hydrogens (tertiary/aromatic N) is 5. The first-order valence-corrected chi connectivity index (χ1v) is 8.77. The van der Waals surface area contributed by atoms with Crippen molar-refractivity contribution in [3.63, 3.8) is 0 Å². The summed E-state index contributed by atoms with van der Waals surface area (Å²) < 4.78 is 7.31. The molecule has 1 atom stereocenters. The van der Waals surface area contributed by atoms with E-state index in [4.69, 9.17) is 4.52 Å². The van der Waals surface area contributed by atoms with Gasteiger partial charge in [-0.3, -0.25) is 9.48 Å². The van der Waals surface area contributed by atoms with E-state index in [0.29, 0.717) is 24.3 Å². The zero-order valence-corrected chi connectivity index (χ0v) is 14.2. The number of hydrogen-bond donors (Lipinski definition) is 0. The Kier molecular flexibility index (Phi) is 3.86. The highest BCUT2D eigenvalue weighted by Crippen LogP contribution is 2.32. The van der Waals surface area contributed by atoms with E-state index in [1.165, 1.54) is 25.7 Å². The van der Waals surface area contributed by atoms with E-state index in [1.807, 2.05) is 18.7 Å². The van der Waals surface area contributed by atoms with Crippen molar-refractivity contribution >= 4 is 5.91 Å². The highest BCUT2D eigenvalue weighted by molar-refractivity contribution is 5.95. The minimum Gasteiger partial charge on any atom is -0.339 e. The second kappa shape index (κ2) is 6.03. The van der Waals surface area contributed by atoms with Crippen LogP contribution in [0.3, 0.4) is 0 Å². The first kappa shape index (κ1) is 15.4. The third-order valence-electron chi connectivity index (χ3n) is 5.31. The summed E-state index contributed by atoms with van der Waals surface area (Å²) in [5.74, 6) is 1.49. The van der Waals surface area contributed by atoms with Gasteiger partial charge >= 0.3 is 0 Å². The maximum absolute atomic E-state index is 12.9. The smallest absolute Gasteiger partial charge is 0.257 e. The van der Waals surface area contributed by atoms with Gasteiger partial charge in [-0.2, -0.15) is 10.1 Å². The Hall–Kier alpha value is -2.18. The molecule has 1 aliphatic heterocycles. The van der Waals surface area contributed by atoms with Gasteiger partial charge in [0.05, 0.1) is 23.7 Å². The van der Waals surface area contributed by atoms with Crippen LogP contribution < -0.4 is 0 Å². The Balaban J connectivity index is 1.48. The Labute approximate surface area is 141 Å². The Morgan fingerprint density at radius 3 is 2.75 bits per heavy atom. The van der Waals surface area contributed by atoms with Gasteiger partial charge in [-0.05, 0) is 33.1 Å². The molecule has 0 radical (unpaired) electrons. The standard InChI is InChI=1S/C17H23N5O2/c1-11-15(9-18-22(11)14-5-3-4-6-14)17(23)21-8-7-13(10-21)16-19-12(2)20-24-16/h9,13-14H,3-8,10H2,1-2H3/t13-/m1/s1. The van der Waals surface area contributed by atoms with Crippen molar-refractivity contribution in [2.24, 2.45) is 0 Å². The van der Waals surface area contributed by atoms with Crippen LogP contribution >= 0.6 is 0 Å². The lowest BCUT2D eigenvalue weighted by Gasteiger charge is -2.16. The molecule has 7 nitrogen and oxygen atoms in total. The first-order chi connectivity index (χ1) is 11.6. The summed E-state index contributed by atoms with van der Waals surface area (Å²) in [6.07, 6.45) is 7.44. The van der Waals surface area contributed by atoms with E-state index in [1.54, 1.807) is 6.20 Å². The van der Waals surface area contributed by atoms with Gasteiger partial charge in [0.1, 0.15) is 0 Å². The molecule has 0 unspecified atom stereocenters. The molecular formula is C17H23N5O2. The van der Waals surface area contributed by atoms with E-state index in [-0.39, 0.29) is 11.8 Å². The van der Waals surface area contributed by atoms with Crippen LogP contribution in [0.5, 0.6) is 0 Å². The highest BCUT2D eigenvalue weighted by atomic mass is 16.5. The molecule has 0 aromatic carbocycles. The number of likely N-dealkylation sites (tertiary alicyclic amines) is 1. The van der Waals surface area contributed by atoms with Crippen molar-refractivity contribution in [2.75, 3.05) is 13.1 Å². The van der Waals surface area contributed by atoms with Gasteiger partial charge in [0.15, 0.2) is 5.82 Å². The largest absolute Gasteiger partial charge is 0.339 e. The molecule has 2 aliphatic rings. The Morgan fingerprint density at radius 1 is 1.25 bits per heavy atom. The van der Waals surface area contributed by atoms with Gasteiger partial charge in [-0.25, -0.2) is 0 Å². The van der Waals surface area contributed by atoms with Crippen molar-refractivity contribution in [3.05, 3.63) is 29.2 Å². The van der Waals surface area contributed by atoms with E-state index in [2.05, 4.69) is 19.9 Å². The molecule has 1 aliphatic carbocycles. The molecule has 1 amide bonds. The van der Waals surface area contributed by atoms with Crippen molar-refractivity contribution < 1.29 is 9.32 Å². The van der Waals surface area contributed by atoms with Crippen LogP contribution in [-0.4, -0.2) is 43.8 Å². The van der Waals surface area contributed by atoms with Crippen LogP contribution in [0.15, 0.2) is 10.7 Å². The lowest BCUT2D eigenvalue weighted by atomic mass is 10.1. The average Bonchev–Trinajstić information content (AvgIpc) is 3.33. The number of hydrogen-bond acceptors (Lipinski definition) is 5. The predicted octanol–water partition coefficient (Wildman–Crippen LogP) is 2.63. The third-order valence-corrected chi connectivity index (χ3v) is 5.31. The summed E-state index contributed by atoms with van der Waals surface area (Å²) >= 11 is 0. The fraction of sp³-hybridized carbons (Fsp3) is 0.647. The number of aryl methyl sites for hydroxylation is 1. The quantitative estimate of drug-likeness (QED) is 0.865. The molecule has 7 heteroatoms. The predicted molar refractivity (Wildman–Crippen MR) is 86.8 cm³/mol. The maximum atomic E-state index is 12.9. The molecule has 2 aromatic heterocycles. The molecule has 1 saturated carbocycles. The lowest BCUT2D eigenvalue weighted by Crippen LogP contribution is -2.29. The van der Waals surface area contributed by atoms with Crippen molar-refractivity contribution in [1.82, 2.24) is 24.8 Å². The van der Waals surface area contributed by atoms with Crippen molar-refractivity contribution in [3.8, 4) is 0 Å². The van der Waals surface area contributed by atoms with E-state index < -0.39 is 0 Å². The molecule has 1 saturated heterocycles. The topological polar surface area (TPSA) is 77.0 Å². The van der Waals surface area contributed by atoms with Crippen molar-refractivity contribution in [2.45, 2.75) is 57.9 Å². The zero-order chi connectivity index (χ0) is 16.7. The van der Waals surface area contributed by atoms with E-state index in [9.17, 15) is 4.79 Å². The molecule has 0 spiro atoms. The Morgan fingerprint density at radius 2 is 2.04 bits per heavy atom. The fourth-order valence-electron chi connectivity index (χ4n) is 3.95. The summed E-state index contributed by atoms with van der Waals surface area (Å²) in [5, 5.41) is 8.35. The summed E-state index contributed by atoms with van der Waals surface area (Å²) in [4.78, 5) is 19.1. The van der Waals surface area contributed by atoms with Crippen LogP contribution in [0.1, 0.15) is 71.8 Å². The molecule has 2 fully saturated rings. The molecule has 0 bridgehead atoms. The van der Waals surface area contributed by atoms with Gasteiger partial charge in [0.2, 0.25) is 5.89 Å². The Bertz CT molecular complexity index is 744. The SMILES string of the molecule is Cc1noc([C@@H]2CCN(C(=O)c3cnn(C4CCCC4)c3C)C2)n1. The maximum Gasteiger partial charge on any atom is 0.257 e. The monoisotopic (exact) mass is 329 g/mol. The zero-order valence-electron chi connectivity index (χ0n) is 14.2.